The topological polar surface area (TPSA) is 9.23 Å². The smallest absolute Gasteiger partial charge is 0.0547 e. The molecule has 0 saturated carbocycles. The molecule has 0 amide bonds. The molecule has 0 aliphatic carbocycles. The molecule has 0 fully saturated rings. The Balaban J connectivity index is 3.08. The number of hydrogen-bond acceptors (Lipinski definition) is 1. The number of unbranched alkanes of at least 4 members (excludes halogenated alkanes) is 8. The highest BCUT2D eigenvalue weighted by Crippen LogP contribution is 2.09. The monoisotopic (exact) mass is 242 g/mol. The summed E-state index contributed by atoms with van der Waals surface area (Å²) in [5, 5.41) is 0. The van der Waals surface area contributed by atoms with Gasteiger partial charge in [-0.15, -0.1) is 0 Å². The van der Waals surface area contributed by atoms with Crippen molar-refractivity contribution in [3.05, 3.63) is 0 Å². The molecule has 1 heteroatoms. The van der Waals surface area contributed by atoms with Crippen LogP contribution >= 0.6 is 0 Å². The van der Waals surface area contributed by atoms with Crippen molar-refractivity contribution in [2.45, 2.75) is 97.5 Å². The summed E-state index contributed by atoms with van der Waals surface area (Å²) in [6, 6.07) is 0. The van der Waals surface area contributed by atoms with Crippen LogP contribution in [0.1, 0.15) is 91.4 Å². The van der Waals surface area contributed by atoms with E-state index >= 15 is 0 Å². The molecule has 0 bridgehead atoms. The zero-order valence-electron chi connectivity index (χ0n) is 12.5. The van der Waals surface area contributed by atoms with Crippen molar-refractivity contribution in [1.29, 1.82) is 0 Å². The predicted octanol–water partition coefficient (Wildman–Crippen LogP) is 5.72. The molecule has 17 heavy (non-hydrogen) atoms. The molecule has 0 aromatic carbocycles. The lowest BCUT2D eigenvalue weighted by atomic mass is 10.1. The highest BCUT2D eigenvalue weighted by molar-refractivity contribution is 4.52. The van der Waals surface area contributed by atoms with E-state index in [4.69, 9.17) is 4.74 Å². The van der Waals surface area contributed by atoms with Crippen LogP contribution in [0.25, 0.3) is 0 Å². The molecular weight excluding hydrogens is 208 g/mol. The van der Waals surface area contributed by atoms with Crippen LogP contribution in [0.15, 0.2) is 0 Å². The molecular formula is C16H34O. The number of ether oxygens (including phenoxy) is 1. The van der Waals surface area contributed by atoms with E-state index < -0.39 is 0 Å². The zero-order valence-corrected chi connectivity index (χ0v) is 12.5. The van der Waals surface area contributed by atoms with Gasteiger partial charge in [-0.25, -0.2) is 0 Å². The normalized spacial score (nSPS) is 12.9. The summed E-state index contributed by atoms with van der Waals surface area (Å²) in [5.41, 5.74) is 0. The molecule has 0 aromatic heterocycles. The summed E-state index contributed by atoms with van der Waals surface area (Å²) in [7, 11) is 0. The zero-order chi connectivity index (χ0) is 12.8. The first-order chi connectivity index (χ1) is 8.31. The molecule has 0 radical (unpaired) electrons. The lowest BCUT2D eigenvalue weighted by Gasteiger charge is -2.12. The summed E-state index contributed by atoms with van der Waals surface area (Å²) in [6.07, 6.45) is 15.3. The van der Waals surface area contributed by atoms with Gasteiger partial charge in [-0.05, 0) is 19.8 Å². The van der Waals surface area contributed by atoms with Gasteiger partial charge < -0.3 is 4.74 Å². The van der Waals surface area contributed by atoms with Gasteiger partial charge in [0.25, 0.3) is 0 Å². The summed E-state index contributed by atoms with van der Waals surface area (Å²) in [5.74, 6) is 0. The standard InChI is InChI=1S/C16H34O/c1-4-6-8-10-11-13-15-17-16(3)14-12-9-7-5-2/h16H,4-15H2,1-3H3/t16-/m0/s1. The second-order valence-corrected chi connectivity index (χ2v) is 5.30. The average molecular weight is 242 g/mol. The van der Waals surface area contributed by atoms with Crippen molar-refractivity contribution in [3.8, 4) is 0 Å². The predicted molar refractivity (Wildman–Crippen MR) is 77.5 cm³/mol. The van der Waals surface area contributed by atoms with Gasteiger partial charge in [0.15, 0.2) is 0 Å². The van der Waals surface area contributed by atoms with Crippen molar-refractivity contribution < 1.29 is 4.74 Å². The molecule has 0 rings (SSSR count). The first-order valence-electron chi connectivity index (χ1n) is 7.92. The van der Waals surface area contributed by atoms with E-state index in [0.717, 1.165) is 6.61 Å². The van der Waals surface area contributed by atoms with Gasteiger partial charge in [-0.2, -0.15) is 0 Å². The van der Waals surface area contributed by atoms with Gasteiger partial charge in [0.2, 0.25) is 0 Å². The molecule has 0 saturated heterocycles. The van der Waals surface area contributed by atoms with E-state index in [1.807, 2.05) is 0 Å². The highest BCUT2D eigenvalue weighted by atomic mass is 16.5. The van der Waals surface area contributed by atoms with Crippen LogP contribution in [0.2, 0.25) is 0 Å². The van der Waals surface area contributed by atoms with Crippen molar-refractivity contribution in [2.75, 3.05) is 6.61 Å². The molecule has 1 atom stereocenters. The molecule has 0 aliphatic rings. The molecule has 1 nitrogen and oxygen atoms in total. The lowest BCUT2D eigenvalue weighted by molar-refractivity contribution is 0.0557. The lowest BCUT2D eigenvalue weighted by Crippen LogP contribution is -2.09. The van der Waals surface area contributed by atoms with Crippen LogP contribution in [-0.4, -0.2) is 12.7 Å². The maximum Gasteiger partial charge on any atom is 0.0547 e. The first kappa shape index (κ1) is 17.0. The molecule has 0 aromatic rings. The Bertz CT molecular complexity index is 133. The Labute approximate surface area is 109 Å². The van der Waals surface area contributed by atoms with Gasteiger partial charge in [0.05, 0.1) is 6.10 Å². The quantitative estimate of drug-likeness (QED) is 0.375. The minimum Gasteiger partial charge on any atom is -0.379 e. The van der Waals surface area contributed by atoms with Crippen LogP contribution in [0, 0.1) is 0 Å². The summed E-state index contributed by atoms with van der Waals surface area (Å²) in [6.45, 7) is 7.73. The van der Waals surface area contributed by atoms with Crippen LogP contribution in [-0.2, 0) is 4.74 Å². The fraction of sp³-hybridized carbons (Fsp3) is 1.00. The van der Waals surface area contributed by atoms with Gasteiger partial charge in [0, 0.05) is 6.61 Å². The van der Waals surface area contributed by atoms with Gasteiger partial charge in [-0.3, -0.25) is 0 Å². The number of rotatable bonds is 13. The van der Waals surface area contributed by atoms with E-state index in [1.54, 1.807) is 0 Å². The molecule has 0 aliphatic heterocycles. The first-order valence-corrected chi connectivity index (χ1v) is 7.92. The van der Waals surface area contributed by atoms with Crippen molar-refractivity contribution in [1.82, 2.24) is 0 Å². The average Bonchev–Trinajstić information content (AvgIpc) is 2.33. The Kier molecular flexibility index (Phi) is 14.0. The van der Waals surface area contributed by atoms with Crippen molar-refractivity contribution in [2.24, 2.45) is 0 Å². The molecule has 0 N–H and O–H groups in total. The summed E-state index contributed by atoms with van der Waals surface area (Å²) in [4.78, 5) is 0. The van der Waals surface area contributed by atoms with Gasteiger partial charge >= 0.3 is 0 Å². The van der Waals surface area contributed by atoms with Crippen LogP contribution < -0.4 is 0 Å². The maximum atomic E-state index is 5.83. The second kappa shape index (κ2) is 14.0. The third-order valence-corrected chi connectivity index (χ3v) is 3.36. The maximum absolute atomic E-state index is 5.83. The van der Waals surface area contributed by atoms with Gasteiger partial charge in [0.1, 0.15) is 0 Å². The Morgan fingerprint density at radius 2 is 1.24 bits per heavy atom. The molecule has 0 heterocycles. The fourth-order valence-electron chi connectivity index (χ4n) is 2.11. The molecule has 0 unspecified atom stereocenters. The highest BCUT2D eigenvalue weighted by Gasteiger charge is 2.01. The third kappa shape index (κ3) is 13.9. The van der Waals surface area contributed by atoms with E-state index in [0.29, 0.717) is 6.10 Å². The third-order valence-electron chi connectivity index (χ3n) is 3.36. The Morgan fingerprint density at radius 3 is 1.88 bits per heavy atom. The van der Waals surface area contributed by atoms with Crippen LogP contribution in [0.3, 0.4) is 0 Å². The van der Waals surface area contributed by atoms with Gasteiger partial charge in [-0.1, -0.05) is 71.6 Å². The van der Waals surface area contributed by atoms with E-state index in [1.165, 1.54) is 70.6 Å². The van der Waals surface area contributed by atoms with E-state index in [9.17, 15) is 0 Å². The second-order valence-electron chi connectivity index (χ2n) is 5.30. The fourth-order valence-corrected chi connectivity index (χ4v) is 2.11. The SMILES string of the molecule is CCCCCCCCO[C@@H](C)CCCCCC. The van der Waals surface area contributed by atoms with Crippen LogP contribution in [0.4, 0.5) is 0 Å². The summed E-state index contributed by atoms with van der Waals surface area (Å²) < 4.78 is 5.83. The number of hydrogen-bond donors (Lipinski definition) is 0. The largest absolute Gasteiger partial charge is 0.379 e. The van der Waals surface area contributed by atoms with E-state index in [-0.39, 0.29) is 0 Å². The van der Waals surface area contributed by atoms with Crippen molar-refractivity contribution >= 4 is 0 Å². The minimum atomic E-state index is 0.475. The summed E-state index contributed by atoms with van der Waals surface area (Å²) >= 11 is 0. The molecule has 0 spiro atoms. The Hall–Kier alpha value is -0.0400. The van der Waals surface area contributed by atoms with Crippen molar-refractivity contribution in [3.63, 3.8) is 0 Å². The van der Waals surface area contributed by atoms with Crippen LogP contribution in [0.5, 0.6) is 0 Å². The molecule has 104 valence electrons. The minimum absolute atomic E-state index is 0.475. The Morgan fingerprint density at radius 1 is 0.706 bits per heavy atom. The van der Waals surface area contributed by atoms with E-state index in [2.05, 4.69) is 20.8 Å².